The predicted molar refractivity (Wildman–Crippen MR) is 64.4 cm³/mol. The van der Waals surface area contributed by atoms with Gasteiger partial charge in [-0.1, -0.05) is 24.9 Å². The van der Waals surface area contributed by atoms with E-state index in [4.69, 9.17) is 21.1 Å². The summed E-state index contributed by atoms with van der Waals surface area (Å²) in [7, 11) is 3.08. The third-order valence-electron chi connectivity index (χ3n) is 2.40. The van der Waals surface area contributed by atoms with Gasteiger partial charge in [-0.25, -0.2) is 0 Å². The van der Waals surface area contributed by atoms with Crippen LogP contribution in [0.3, 0.4) is 0 Å². The zero-order valence-electron chi connectivity index (χ0n) is 9.79. The minimum Gasteiger partial charge on any atom is -0.493 e. The van der Waals surface area contributed by atoms with E-state index in [0.29, 0.717) is 22.9 Å². The lowest BCUT2D eigenvalue weighted by molar-refractivity contribution is 0.166. The Morgan fingerprint density at radius 2 is 2.00 bits per heavy atom. The average molecular weight is 245 g/mol. The highest BCUT2D eigenvalue weighted by molar-refractivity contribution is 6.32. The molecule has 0 aliphatic heterocycles. The molecule has 0 saturated heterocycles. The van der Waals surface area contributed by atoms with Gasteiger partial charge in [0.2, 0.25) is 0 Å². The Morgan fingerprint density at radius 1 is 1.31 bits per heavy atom. The zero-order chi connectivity index (χ0) is 12.1. The second-order valence-corrected chi connectivity index (χ2v) is 3.95. The molecule has 90 valence electrons. The van der Waals surface area contributed by atoms with E-state index in [1.165, 1.54) is 7.11 Å². The van der Waals surface area contributed by atoms with Crippen LogP contribution >= 0.6 is 11.6 Å². The molecule has 0 aliphatic rings. The molecule has 0 fully saturated rings. The highest BCUT2D eigenvalue weighted by Gasteiger charge is 2.14. The van der Waals surface area contributed by atoms with E-state index in [1.54, 1.807) is 19.2 Å². The van der Waals surface area contributed by atoms with Gasteiger partial charge in [-0.3, -0.25) is 0 Å². The molecule has 1 unspecified atom stereocenters. The molecule has 0 bridgehead atoms. The van der Waals surface area contributed by atoms with E-state index in [2.05, 4.69) is 0 Å². The number of aliphatic hydroxyl groups is 1. The van der Waals surface area contributed by atoms with E-state index < -0.39 is 6.10 Å². The van der Waals surface area contributed by atoms with Gasteiger partial charge in [-0.15, -0.1) is 0 Å². The maximum Gasteiger partial charge on any atom is 0.179 e. The number of rotatable bonds is 5. The van der Waals surface area contributed by atoms with Gasteiger partial charge in [0.25, 0.3) is 0 Å². The predicted octanol–water partition coefficient (Wildman–Crippen LogP) is 3.19. The number of ether oxygens (including phenoxy) is 2. The minimum absolute atomic E-state index is 0.451. The second-order valence-electron chi connectivity index (χ2n) is 3.54. The highest BCUT2D eigenvalue weighted by atomic mass is 35.5. The molecule has 16 heavy (non-hydrogen) atoms. The van der Waals surface area contributed by atoms with Crippen molar-refractivity contribution in [1.29, 1.82) is 0 Å². The van der Waals surface area contributed by atoms with Gasteiger partial charge in [0.15, 0.2) is 11.5 Å². The molecular formula is C12H17ClO3. The molecule has 1 N–H and O–H groups in total. The lowest BCUT2D eigenvalue weighted by atomic mass is 10.0. The molecule has 0 amide bonds. The van der Waals surface area contributed by atoms with Crippen molar-refractivity contribution in [2.75, 3.05) is 14.2 Å². The van der Waals surface area contributed by atoms with Crippen LogP contribution in [0.25, 0.3) is 0 Å². The smallest absolute Gasteiger partial charge is 0.179 e. The fourth-order valence-electron chi connectivity index (χ4n) is 1.57. The quantitative estimate of drug-likeness (QED) is 0.865. The van der Waals surface area contributed by atoms with E-state index in [0.717, 1.165) is 12.0 Å². The third-order valence-corrected chi connectivity index (χ3v) is 2.68. The Balaban J connectivity index is 3.09. The Labute approximate surface area is 101 Å². The Hall–Kier alpha value is -0.930. The van der Waals surface area contributed by atoms with Crippen LogP contribution in [0.2, 0.25) is 5.02 Å². The van der Waals surface area contributed by atoms with Crippen LogP contribution in [-0.4, -0.2) is 19.3 Å². The van der Waals surface area contributed by atoms with Crippen molar-refractivity contribution in [3.05, 3.63) is 22.7 Å². The van der Waals surface area contributed by atoms with Crippen LogP contribution in [-0.2, 0) is 0 Å². The molecule has 0 heterocycles. The third kappa shape index (κ3) is 2.80. The summed E-state index contributed by atoms with van der Waals surface area (Å²) in [4.78, 5) is 0. The molecule has 0 aliphatic carbocycles. The molecule has 0 radical (unpaired) electrons. The number of halogens is 1. The van der Waals surface area contributed by atoms with Crippen molar-refractivity contribution >= 4 is 11.6 Å². The van der Waals surface area contributed by atoms with Crippen molar-refractivity contribution in [3.63, 3.8) is 0 Å². The molecule has 4 heteroatoms. The lowest BCUT2D eigenvalue weighted by Gasteiger charge is -2.15. The summed E-state index contributed by atoms with van der Waals surface area (Å²) >= 11 is 6.04. The van der Waals surface area contributed by atoms with E-state index in [9.17, 15) is 5.11 Å². The molecule has 0 saturated carbocycles. The summed E-state index contributed by atoms with van der Waals surface area (Å²) in [6.07, 6.45) is 1.10. The highest BCUT2D eigenvalue weighted by Crippen LogP contribution is 2.38. The maximum atomic E-state index is 9.87. The van der Waals surface area contributed by atoms with Gasteiger partial charge in [0.1, 0.15) is 0 Å². The van der Waals surface area contributed by atoms with E-state index in [-0.39, 0.29) is 0 Å². The first-order valence-corrected chi connectivity index (χ1v) is 5.61. The number of hydrogen-bond donors (Lipinski definition) is 1. The molecule has 0 aromatic heterocycles. The number of benzene rings is 1. The summed E-state index contributed by atoms with van der Waals surface area (Å²) in [5, 5.41) is 10.3. The first-order valence-electron chi connectivity index (χ1n) is 5.23. The fraction of sp³-hybridized carbons (Fsp3) is 0.500. The SMILES string of the molecule is CCCC(O)c1cc(Cl)c(OC)c(OC)c1. The molecule has 1 aromatic rings. The molecule has 1 rings (SSSR count). The molecule has 1 atom stereocenters. The Morgan fingerprint density at radius 3 is 2.50 bits per heavy atom. The van der Waals surface area contributed by atoms with Gasteiger partial charge in [0, 0.05) is 0 Å². The van der Waals surface area contributed by atoms with Gasteiger partial charge >= 0.3 is 0 Å². The molecule has 1 aromatic carbocycles. The largest absolute Gasteiger partial charge is 0.493 e. The summed E-state index contributed by atoms with van der Waals surface area (Å²) in [6.45, 7) is 2.02. The normalized spacial score (nSPS) is 12.3. The number of aliphatic hydroxyl groups excluding tert-OH is 1. The van der Waals surface area contributed by atoms with Crippen LogP contribution in [0.4, 0.5) is 0 Å². The monoisotopic (exact) mass is 244 g/mol. The van der Waals surface area contributed by atoms with Crippen LogP contribution in [0.1, 0.15) is 31.4 Å². The van der Waals surface area contributed by atoms with Crippen molar-refractivity contribution in [2.24, 2.45) is 0 Å². The first kappa shape index (κ1) is 13.1. The van der Waals surface area contributed by atoms with Crippen LogP contribution in [0.5, 0.6) is 11.5 Å². The van der Waals surface area contributed by atoms with Gasteiger partial charge in [-0.2, -0.15) is 0 Å². The van der Waals surface area contributed by atoms with Crippen molar-refractivity contribution in [1.82, 2.24) is 0 Å². The van der Waals surface area contributed by atoms with Crippen LogP contribution in [0, 0.1) is 0 Å². The van der Waals surface area contributed by atoms with Crippen LogP contribution in [0.15, 0.2) is 12.1 Å². The summed E-state index contributed by atoms with van der Waals surface area (Å²) < 4.78 is 10.3. The van der Waals surface area contributed by atoms with Crippen molar-refractivity contribution < 1.29 is 14.6 Å². The zero-order valence-corrected chi connectivity index (χ0v) is 10.5. The van der Waals surface area contributed by atoms with Crippen molar-refractivity contribution in [3.8, 4) is 11.5 Å². The average Bonchev–Trinajstić information content (AvgIpc) is 2.28. The second kappa shape index (κ2) is 5.97. The molecular weight excluding hydrogens is 228 g/mol. The molecule has 3 nitrogen and oxygen atoms in total. The lowest BCUT2D eigenvalue weighted by Crippen LogP contribution is -1.99. The number of methoxy groups -OCH3 is 2. The van der Waals surface area contributed by atoms with E-state index >= 15 is 0 Å². The standard InChI is InChI=1S/C12H17ClO3/c1-4-5-10(14)8-6-9(13)12(16-3)11(7-8)15-2/h6-7,10,14H,4-5H2,1-3H3. The number of hydrogen-bond acceptors (Lipinski definition) is 3. The van der Waals surface area contributed by atoms with Gasteiger partial charge in [0.05, 0.1) is 25.3 Å². The Bertz CT molecular complexity index is 352. The topological polar surface area (TPSA) is 38.7 Å². The van der Waals surface area contributed by atoms with Crippen molar-refractivity contribution in [2.45, 2.75) is 25.9 Å². The van der Waals surface area contributed by atoms with Gasteiger partial charge < -0.3 is 14.6 Å². The van der Waals surface area contributed by atoms with Gasteiger partial charge in [-0.05, 0) is 24.1 Å². The Kier molecular flexibility index (Phi) is 4.90. The first-order chi connectivity index (χ1) is 7.63. The summed E-state index contributed by atoms with van der Waals surface area (Å²) in [5.74, 6) is 1.04. The van der Waals surface area contributed by atoms with E-state index in [1.807, 2.05) is 6.92 Å². The molecule has 0 spiro atoms. The fourth-order valence-corrected chi connectivity index (χ4v) is 1.87. The maximum absolute atomic E-state index is 9.87. The minimum atomic E-state index is -0.512. The summed E-state index contributed by atoms with van der Waals surface area (Å²) in [5.41, 5.74) is 0.754. The summed E-state index contributed by atoms with van der Waals surface area (Å²) in [6, 6.07) is 3.47. The van der Waals surface area contributed by atoms with Crippen LogP contribution < -0.4 is 9.47 Å².